The Kier molecular flexibility index (Phi) is 6.75. The van der Waals surface area contributed by atoms with Crippen LogP contribution in [0.2, 0.25) is 0 Å². The van der Waals surface area contributed by atoms with Crippen LogP contribution in [-0.4, -0.2) is 73.2 Å². The van der Waals surface area contributed by atoms with Crippen molar-refractivity contribution in [2.24, 2.45) is 0 Å². The molecule has 1 saturated heterocycles. The second-order valence-electron chi connectivity index (χ2n) is 7.91. The van der Waals surface area contributed by atoms with Crippen LogP contribution in [0, 0.1) is 0 Å². The molecule has 156 valence electrons. The first-order valence-corrected chi connectivity index (χ1v) is 10.8. The van der Waals surface area contributed by atoms with E-state index in [9.17, 15) is 9.59 Å². The van der Waals surface area contributed by atoms with Crippen molar-refractivity contribution in [1.29, 1.82) is 0 Å². The summed E-state index contributed by atoms with van der Waals surface area (Å²) in [5.41, 5.74) is 1.11. The lowest BCUT2D eigenvalue weighted by Crippen LogP contribution is -2.48. The first kappa shape index (κ1) is 21.2. The van der Waals surface area contributed by atoms with Gasteiger partial charge in [0.15, 0.2) is 0 Å². The Morgan fingerprint density at radius 2 is 1.86 bits per heavy atom. The highest BCUT2D eigenvalue weighted by Gasteiger charge is 2.34. The predicted molar refractivity (Wildman–Crippen MR) is 110 cm³/mol. The third-order valence-corrected chi connectivity index (χ3v) is 6.42. The summed E-state index contributed by atoms with van der Waals surface area (Å²) in [5.74, 6) is -0.459. The molecule has 2 aliphatic rings. The van der Waals surface area contributed by atoms with E-state index in [4.69, 9.17) is 9.47 Å². The fraction of sp³-hybridized carbons (Fsp3) is 0.700. The highest BCUT2D eigenvalue weighted by Crippen LogP contribution is 2.40. The Labute approximate surface area is 171 Å². The Morgan fingerprint density at radius 3 is 2.50 bits per heavy atom. The van der Waals surface area contributed by atoms with Crippen LogP contribution in [0.1, 0.15) is 48.5 Å². The maximum absolute atomic E-state index is 12.7. The molecular weight excluding hydrogens is 378 g/mol. The molecule has 0 spiro atoms. The van der Waals surface area contributed by atoms with Crippen molar-refractivity contribution in [2.45, 2.75) is 46.3 Å². The largest absolute Gasteiger partial charge is 0.462 e. The fourth-order valence-corrected chi connectivity index (χ4v) is 4.83. The lowest BCUT2D eigenvalue weighted by Gasteiger charge is -2.33. The molecule has 0 aliphatic carbocycles. The normalized spacial score (nSPS) is 19.9. The molecule has 8 heteroatoms. The van der Waals surface area contributed by atoms with Crippen molar-refractivity contribution >= 4 is 28.2 Å². The Hall–Kier alpha value is -1.48. The van der Waals surface area contributed by atoms with Gasteiger partial charge in [0.2, 0.25) is 5.91 Å². The third kappa shape index (κ3) is 4.92. The number of esters is 1. The van der Waals surface area contributed by atoms with E-state index in [1.807, 2.05) is 13.8 Å². The molecule has 0 bridgehead atoms. The number of piperazine rings is 1. The molecule has 0 saturated carbocycles. The van der Waals surface area contributed by atoms with Gasteiger partial charge in [-0.2, -0.15) is 0 Å². The van der Waals surface area contributed by atoms with Crippen LogP contribution in [0.15, 0.2) is 0 Å². The molecule has 2 aliphatic heterocycles. The van der Waals surface area contributed by atoms with Gasteiger partial charge in [0, 0.05) is 37.5 Å². The number of fused-ring (bicyclic) bond motifs is 1. The van der Waals surface area contributed by atoms with Crippen molar-refractivity contribution in [3.8, 4) is 0 Å². The van der Waals surface area contributed by atoms with Gasteiger partial charge in [-0.1, -0.05) is 6.92 Å². The molecule has 0 atom stereocenters. The van der Waals surface area contributed by atoms with Crippen LogP contribution in [0.25, 0.3) is 0 Å². The second kappa shape index (κ2) is 8.90. The van der Waals surface area contributed by atoms with Gasteiger partial charge in [0.1, 0.15) is 5.00 Å². The average molecular weight is 410 g/mol. The maximum Gasteiger partial charge on any atom is 0.341 e. The highest BCUT2D eigenvalue weighted by atomic mass is 32.1. The van der Waals surface area contributed by atoms with Crippen LogP contribution in [0.3, 0.4) is 0 Å². The number of hydrogen-bond donors (Lipinski definition) is 1. The van der Waals surface area contributed by atoms with Gasteiger partial charge in [-0.15, -0.1) is 11.3 Å². The minimum absolute atomic E-state index is 0.0886. The molecule has 1 amide bonds. The molecule has 0 radical (unpaired) electrons. The van der Waals surface area contributed by atoms with Gasteiger partial charge in [-0.05, 0) is 32.9 Å². The summed E-state index contributed by atoms with van der Waals surface area (Å²) in [6.45, 7) is 13.8. The van der Waals surface area contributed by atoms with Crippen molar-refractivity contribution in [2.75, 3.05) is 51.2 Å². The molecule has 1 N–H and O–H groups in total. The standard InChI is InChI=1S/C20H31N3O4S/c1-5-22-7-9-23(10-8-22)12-16(24)21-18-17(19(25)26-6-2)14-11-20(3,4)27-13-15(14)28-18/h5-13H2,1-4H3,(H,21,24). The molecule has 3 heterocycles. The van der Waals surface area contributed by atoms with Crippen LogP contribution < -0.4 is 5.32 Å². The summed E-state index contributed by atoms with van der Waals surface area (Å²) in [4.78, 5) is 30.8. The number of amides is 1. The van der Waals surface area contributed by atoms with E-state index < -0.39 is 0 Å². The second-order valence-corrected chi connectivity index (χ2v) is 9.02. The molecule has 1 aromatic heterocycles. The van der Waals surface area contributed by atoms with Crippen molar-refractivity contribution in [3.63, 3.8) is 0 Å². The Balaban J connectivity index is 1.73. The first-order chi connectivity index (χ1) is 13.3. The zero-order valence-electron chi connectivity index (χ0n) is 17.3. The zero-order valence-corrected chi connectivity index (χ0v) is 18.1. The van der Waals surface area contributed by atoms with E-state index in [0.29, 0.717) is 36.7 Å². The molecule has 1 fully saturated rings. The molecule has 3 rings (SSSR count). The number of carbonyl (C=O) groups excluding carboxylic acids is 2. The smallest absolute Gasteiger partial charge is 0.341 e. The average Bonchev–Trinajstić information content (AvgIpc) is 2.98. The van der Waals surface area contributed by atoms with Gasteiger partial charge in [-0.3, -0.25) is 9.69 Å². The molecule has 0 aromatic carbocycles. The SMILES string of the molecule is CCOC(=O)c1c(NC(=O)CN2CCN(CC)CC2)sc2c1CC(C)(C)OC2. The minimum Gasteiger partial charge on any atom is -0.462 e. The number of ether oxygens (including phenoxy) is 2. The molecular formula is C20H31N3O4S. The number of nitrogens with one attached hydrogen (secondary N) is 1. The lowest BCUT2D eigenvalue weighted by molar-refractivity contribution is -0.117. The Morgan fingerprint density at radius 1 is 1.18 bits per heavy atom. The summed E-state index contributed by atoms with van der Waals surface area (Å²) in [6, 6.07) is 0. The minimum atomic E-state index is -0.371. The van der Waals surface area contributed by atoms with E-state index >= 15 is 0 Å². The van der Waals surface area contributed by atoms with Gasteiger partial charge < -0.3 is 19.7 Å². The van der Waals surface area contributed by atoms with E-state index in [0.717, 1.165) is 43.2 Å². The van der Waals surface area contributed by atoms with Gasteiger partial charge in [0.25, 0.3) is 0 Å². The maximum atomic E-state index is 12.7. The van der Waals surface area contributed by atoms with Crippen LogP contribution in [0.4, 0.5) is 5.00 Å². The lowest BCUT2D eigenvalue weighted by atomic mass is 9.93. The summed E-state index contributed by atoms with van der Waals surface area (Å²) in [5, 5.41) is 3.56. The van der Waals surface area contributed by atoms with Crippen molar-refractivity contribution < 1.29 is 19.1 Å². The number of likely N-dealkylation sites (N-methyl/N-ethyl adjacent to an activating group) is 1. The van der Waals surface area contributed by atoms with E-state index in [1.165, 1.54) is 11.3 Å². The van der Waals surface area contributed by atoms with E-state index in [1.54, 1.807) is 6.92 Å². The first-order valence-electron chi connectivity index (χ1n) is 10.0. The fourth-order valence-electron chi connectivity index (χ4n) is 3.69. The molecule has 7 nitrogen and oxygen atoms in total. The van der Waals surface area contributed by atoms with Gasteiger partial charge >= 0.3 is 5.97 Å². The highest BCUT2D eigenvalue weighted by molar-refractivity contribution is 7.17. The van der Waals surface area contributed by atoms with Crippen LogP contribution in [-0.2, 0) is 27.3 Å². The predicted octanol–water partition coefficient (Wildman–Crippen LogP) is 2.35. The van der Waals surface area contributed by atoms with E-state index in [-0.39, 0.29) is 17.5 Å². The van der Waals surface area contributed by atoms with Gasteiger partial charge in [-0.25, -0.2) is 4.79 Å². The third-order valence-electron chi connectivity index (χ3n) is 5.30. The molecule has 28 heavy (non-hydrogen) atoms. The van der Waals surface area contributed by atoms with Crippen LogP contribution in [0.5, 0.6) is 0 Å². The Bertz CT molecular complexity index is 723. The topological polar surface area (TPSA) is 71.1 Å². The zero-order chi connectivity index (χ0) is 20.3. The summed E-state index contributed by atoms with van der Waals surface area (Å²) in [6.07, 6.45) is 0.627. The number of carbonyl (C=O) groups is 2. The monoisotopic (exact) mass is 409 g/mol. The molecule has 1 aromatic rings. The number of rotatable bonds is 6. The van der Waals surface area contributed by atoms with Crippen molar-refractivity contribution in [1.82, 2.24) is 9.80 Å². The number of nitrogens with zero attached hydrogens (tertiary/aromatic N) is 2. The van der Waals surface area contributed by atoms with E-state index in [2.05, 4.69) is 22.0 Å². The number of thiophene rings is 1. The van der Waals surface area contributed by atoms with Crippen molar-refractivity contribution in [3.05, 3.63) is 16.0 Å². The summed E-state index contributed by atoms with van der Waals surface area (Å²) < 4.78 is 11.2. The van der Waals surface area contributed by atoms with Crippen LogP contribution >= 0.6 is 11.3 Å². The number of hydrogen-bond acceptors (Lipinski definition) is 7. The quantitative estimate of drug-likeness (QED) is 0.728. The summed E-state index contributed by atoms with van der Waals surface area (Å²) in [7, 11) is 0. The van der Waals surface area contributed by atoms with Gasteiger partial charge in [0.05, 0.1) is 30.9 Å². The molecule has 0 unspecified atom stereocenters. The summed E-state index contributed by atoms with van der Waals surface area (Å²) >= 11 is 1.43. The number of anilines is 1.